The number of benzene rings is 1. The molecule has 1 aromatic heterocycles. The molecule has 0 fully saturated rings. The summed E-state index contributed by atoms with van der Waals surface area (Å²) in [5.74, 6) is 4.02. The zero-order chi connectivity index (χ0) is 21.1. The molecule has 1 aromatic carbocycles. The first-order valence-electron chi connectivity index (χ1n) is 8.07. The Bertz CT molecular complexity index is 996. The quantitative estimate of drug-likeness (QED) is 0.469. The van der Waals surface area contributed by atoms with Gasteiger partial charge in [-0.25, -0.2) is 23.0 Å². The first-order chi connectivity index (χ1) is 13.1. The molecule has 5 N–H and O–H groups in total. The van der Waals surface area contributed by atoms with Crippen molar-refractivity contribution in [3.8, 4) is 5.75 Å². The van der Waals surface area contributed by atoms with Crippen LogP contribution in [-0.4, -0.2) is 25.8 Å². The highest BCUT2D eigenvalue weighted by atomic mass is 32.2. The molecule has 0 aliphatic heterocycles. The van der Waals surface area contributed by atoms with Crippen LogP contribution in [-0.2, 0) is 10.0 Å². The Morgan fingerprint density at radius 3 is 2.61 bits per heavy atom. The molecule has 1 heterocycles. The van der Waals surface area contributed by atoms with E-state index in [1.807, 2.05) is 0 Å². The molecule has 152 valence electrons. The second-order valence-corrected chi connectivity index (χ2v) is 8.30. The van der Waals surface area contributed by atoms with E-state index in [1.54, 1.807) is 6.07 Å². The van der Waals surface area contributed by atoms with E-state index in [1.165, 1.54) is 33.4 Å². The maximum Gasteiger partial charge on any atom is 0.235 e. The molecule has 8 nitrogen and oxygen atoms in total. The van der Waals surface area contributed by atoms with Gasteiger partial charge >= 0.3 is 0 Å². The highest BCUT2D eigenvalue weighted by molar-refractivity contribution is 7.93. The minimum Gasteiger partial charge on any atom is -0.495 e. The number of hydrazine groups is 1. The Kier molecular flexibility index (Phi) is 6.41. The third-order valence-corrected chi connectivity index (χ3v) is 5.50. The van der Waals surface area contributed by atoms with E-state index in [9.17, 15) is 17.2 Å². The fourth-order valence-electron chi connectivity index (χ4n) is 2.10. The number of sulfonamides is 1. The molecule has 0 aliphatic rings. The Labute approximate surface area is 161 Å². The van der Waals surface area contributed by atoms with Crippen molar-refractivity contribution in [2.45, 2.75) is 19.1 Å². The summed E-state index contributed by atoms with van der Waals surface area (Å²) >= 11 is 0. The summed E-state index contributed by atoms with van der Waals surface area (Å²) in [5.41, 5.74) is 5.28. The third-order valence-electron chi connectivity index (χ3n) is 3.76. The van der Waals surface area contributed by atoms with Crippen molar-refractivity contribution in [1.29, 1.82) is 0 Å². The van der Waals surface area contributed by atoms with Gasteiger partial charge in [-0.1, -0.05) is 0 Å². The molecule has 11 heteroatoms. The lowest BCUT2D eigenvalue weighted by atomic mass is 10.2. The highest BCUT2D eigenvalue weighted by Gasteiger charge is 2.22. The van der Waals surface area contributed by atoms with Gasteiger partial charge in [0.2, 0.25) is 10.0 Å². The SMILES string of the molecule is COc1cncc(/C(N)=C/N(N)c2c(F)ccc(NS(=O)(=O)C(C)C)c2F)c1. The molecule has 0 saturated heterocycles. The van der Waals surface area contributed by atoms with Gasteiger partial charge in [0, 0.05) is 18.0 Å². The summed E-state index contributed by atoms with van der Waals surface area (Å²) in [5, 5.41) is -0.183. The zero-order valence-electron chi connectivity index (χ0n) is 15.5. The fourth-order valence-corrected chi connectivity index (χ4v) is 2.80. The molecule has 0 radical (unpaired) electrons. The van der Waals surface area contributed by atoms with E-state index in [4.69, 9.17) is 16.3 Å². The Balaban J connectivity index is 2.42. The largest absolute Gasteiger partial charge is 0.495 e. The van der Waals surface area contributed by atoms with Crippen molar-refractivity contribution in [2.24, 2.45) is 11.6 Å². The van der Waals surface area contributed by atoms with Crippen molar-refractivity contribution in [3.05, 3.63) is 54.0 Å². The molecule has 0 aliphatic carbocycles. The number of nitrogens with one attached hydrogen (secondary N) is 1. The molecule has 0 spiro atoms. The van der Waals surface area contributed by atoms with E-state index >= 15 is 0 Å². The first-order valence-corrected chi connectivity index (χ1v) is 9.61. The minimum absolute atomic E-state index is 0.0564. The van der Waals surface area contributed by atoms with E-state index < -0.39 is 38.3 Å². The van der Waals surface area contributed by atoms with Crippen LogP contribution in [0.5, 0.6) is 5.75 Å². The van der Waals surface area contributed by atoms with Crippen molar-refractivity contribution in [1.82, 2.24) is 4.98 Å². The summed E-state index contributed by atoms with van der Waals surface area (Å²) in [7, 11) is -2.39. The van der Waals surface area contributed by atoms with Crippen LogP contribution in [0.2, 0.25) is 0 Å². The number of anilines is 2. The number of aromatic nitrogens is 1. The normalized spacial score (nSPS) is 12.2. The van der Waals surface area contributed by atoms with Crippen LogP contribution in [0.3, 0.4) is 0 Å². The second kappa shape index (κ2) is 8.40. The van der Waals surface area contributed by atoms with Gasteiger partial charge in [-0.3, -0.25) is 14.7 Å². The smallest absolute Gasteiger partial charge is 0.235 e. The predicted molar refractivity (Wildman–Crippen MR) is 104 cm³/mol. The van der Waals surface area contributed by atoms with Gasteiger partial charge in [0.15, 0.2) is 11.6 Å². The Morgan fingerprint density at radius 2 is 2.00 bits per heavy atom. The van der Waals surface area contributed by atoms with E-state index in [0.29, 0.717) is 16.3 Å². The number of nitrogens with two attached hydrogens (primary N) is 2. The molecule has 0 bridgehead atoms. The topological polar surface area (TPSA) is 124 Å². The van der Waals surface area contributed by atoms with Crippen LogP contribution < -0.4 is 26.0 Å². The number of hydrogen-bond donors (Lipinski definition) is 3. The first kappa shape index (κ1) is 21.4. The van der Waals surface area contributed by atoms with Crippen molar-refractivity contribution in [3.63, 3.8) is 0 Å². The summed E-state index contributed by atoms with van der Waals surface area (Å²) < 4.78 is 60.0. The van der Waals surface area contributed by atoms with Crippen LogP contribution in [0.4, 0.5) is 20.2 Å². The number of ether oxygens (including phenoxy) is 1. The molecule has 0 amide bonds. The predicted octanol–water partition coefficient (Wildman–Crippen LogP) is 2.16. The number of nitrogens with zero attached hydrogens (tertiary/aromatic N) is 2. The lowest BCUT2D eigenvalue weighted by Crippen LogP contribution is -2.29. The van der Waals surface area contributed by atoms with Crippen molar-refractivity contribution >= 4 is 27.1 Å². The standard InChI is InChI=1S/C17H21F2N5O3S/c1-10(2)28(25,26)23-15-5-4-13(18)17(16(15)19)24(21)9-14(20)11-6-12(27-3)8-22-7-11/h4-10,23H,20-21H2,1-3H3/b14-9-. The maximum absolute atomic E-state index is 14.8. The summed E-state index contributed by atoms with van der Waals surface area (Å²) in [6, 6.07) is 3.43. The third kappa shape index (κ3) is 4.67. The van der Waals surface area contributed by atoms with Gasteiger partial charge in [0.1, 0.15) is 11.4 Å². The van der Waals surface area contributed by atoms with E-state index in [2.05, 4.69) is 9.71 Å². The van der Waals surface area contributed by atoms with Crippen LogP contribution >= 0.6 is 0 Å². The van der Waals surface area contributed by atoms with Crippen LogP contribution in [0.25, 0.3) is 5.70 Å². The summed E-state index contributed by atoms with van der Waals surface area (Å²) in [6.07, 6.45) is 3.96. The van der Waals surface area contributed by atoms with E-state index in [-0.39, 0.29) is 5.70 Å². The molecule has 0 unspecified atom stereocenters. The van der Waals surface area contributed by atoms with Crippen molar-refractivity contribution < 1.29 is 21.9 Å². The van der Waals surface area contributed by atoms with Gasteiger partial charge in [0.25, 0.3) is 0 Å². The monoisotopic (exact) mass is 413 g/mol. The Hall–Kier alpha value is -2.92. The van der Waals surface area contributed by atoms with Gasteiger partial charge < -0.3 is 10.5 Å². The average molecular weight is 413 g/mol. The van der Waals surface area contributed by atoms with Gasteiger partial charge in [-0.15, -0.1) is 0 Å². The van der Waals surface area contributed by atoms with E-state index in [0.717, 1.165) is 18.3 Å². The van der Waals surface area contributed by atoms with Crippen LogP contribution in [0.15, 0.2) is 36.8 Å². The molecule has 2 aromatic rings. The molecule has 28 heavy (non-hydrogen) atoms. The molecule has 0 saturated carbocycles. The van der Waals surface area contributed by atoms with Gasteiger partial charge in [-0.05, 0) is 32.0 Å². The Morgan fingerprint density at radius 1 is 1.32 bits per heavy atom. The average Bonchev–Trinajstić information content (AvgIpc) is 2.64. The lowest BCUT2D eigenvalue weighted by Gasteiger charge is -2.19. The van der Waals surface area contributed by atoms with Crippen LogP contribution in [0.1, 0.15) is 19.4 Å². The summed E-state index contributed by atoms with van der Waals surface area (Å²) in [4.78, 5) is 3.93. The number of rotatable bonds is 7. The number of hydrogen-bond acceptors (Lipinski definition) is 7. The van der Waals surface area contributed by atoms with Crippen LogP contribution in [0, 0.1) is 11.6 Å². The lowest BCUT2D eigenvalue weighted by molar-refractivity contribution is 0.412. The number of halogens is 2. The number of pyridine rings is 1. The van der Waals surface area contributed by atoms with Gasteiger partial charge in [0.05, 0.1) is 29.9 Å². The molecular weight excluding hydrogens is 392 g/mol. The maximum atomic E-state index is 14.8. The zero-order valence-corrected chi connectivity index (χ0v) is 16.3. The fraction of sp³-hybridized carbons (Fsp3) is 0.235. The number of methoxy groups -OCH3 is 1. The highest BCUT2D eigenvalue weighted by Crippen LogP contribution is 2.29. The summed E-state index contributed by atoms with van der Waals surface area (Å²) in [6.45, 7) is 2.84. The second-order valence-electron chi connectivity index (χ2n) is 6.06. The molecule has 0 atom stereocenters. The molecule has 2 rings (SSSR count). The van der Waals surface area contributed by atoms with Crippen molar-refractivity contribution in [2.75, 3.05) is 16.8 Å². The molecular formula is C17H21F2N5O3S. The van der Waals surface area contributed by atoms with Gasteiger partial charge in [-0.2, -0.15) is 0 Å². The minimum atomic E-state index is -3.84.